The van der Waals surface area contributed by atoms with Crippen molar-refractivity contribution in [3.05, 3.63) is 34.9 Å². The SMILES string of the molecule is CCC(C)C(C)(O)CNC(=O)CNC(=O)c1ccc2c(c1)CCC2. The zero-order chi connectivity index (χ0) is 17.7. The van der Waals surface area contributed by atoms with Gasteiger partial charge in [-0.15, -0.1) is 0 Å². The fraction of sp³-hybridized carbons (Fsp3) is 0.579. The lowest BCUT2D eigenvalue weighted by molar-refractivity contribution is -0.121. The van der Waals surface area contributed by atoms with Gasteiger partial charge in [0.25, 0.3) is 5.91 Å². The van der Waals surface area contributed by atoms with Crippen LogP contribution in [0.5, 0.6) is 0 Å². The summed E-state index contributed by atoms with van der Waals surface area (Å²) < 4.78 is 0. The lowest BCUT2D eigenvalue weighted by atomic mass is 9.89. The first-order valence-corrected chi connectivity index (χ1v) is 8.72. The number of rotatable bonds is 7. The van der Waals surface area contributed by atoms with Crippen LogP contribution in [-0.2, 0) is 17.6 Å². The van der Waals surface area contributed by atoms with Crippen molar-refractivity contribution in [3.63, 3.8) is 0 Å². The molecule has 0 aliphatic heterocycles. The van der Waals surface area contributed by atoms with E-state index in [1.807, 2.05) is 32.0 Å². The number of hydrogen-bond acceptors (Lipinski definition) is 3. The van der Waals surface area contributed by atoms with Crippen LogP contribution in [0.15, 0.2) is 18.2 Å². The summed E-state index contributed by atoms with van der Waals surface area (Å²) in [5.41, 5.74) is 2.19. The van der Waals surface area contributed by atoms with Gasteiger partial charge in [-0.05, 0) is 55.4 Å². The largest absolute Gasteiger partial charge is 0.388 e. The lowest BCUT2D eigenvalue weighted by Gasteiger charge is -2.29. The smallest absolute Gasteiger partial charge is 0.251 e. The molecule has 0 bridgehead atoms. The van der Waals surface area contributed by atoms with Crippen LogP contribution in [0.4, 0.5) is 0 Å². The molecule has 5 nitrogen and oxygen atoms in total. The first-order chi connectivity index (χ1) is 11.3. The molecular weight excluding hydrogens is 304 g/mol. The van der Waals surface area contributed by atoms with Gasteiger partial charge >= 0.3 is 0 Å². The van der Waals surface area contributed by atoms with E-state index >= 15 is 0 Å². The number of fused-ring (bicyclic) bond motifs is 1. The Labute approximate surface area is 143 Å². The zero-order valence-corrected chi connectivity index (χ0v) is 14.8. The average Bonchev–Trinajstić information content (AvgIpc) is 3.04. The minimum absolute atomic E-state index is 0.0822. The molecule has 1 aromatic rings. The Bertz CT molecular complexity index is 611. The lowest BCUT2D eigenvalue weighted by Crippen LogP contribution is -2.47. The number of hydrogen-bond donors (Lipinski definition) is 3. The van der Waals surface area contributed by atoms with Gasteiger partial charge in [0, 0.05) is 12.1 Å². The van der Waals surface area contributed by atoms with Crippen LogP contribution < -0.4 is 10.6 Å². The molecule has 0 aromatic heterocycles. The Morgan fingerprint density at radius 3 is 2.67 bits per heavy atom. The molecule has 1 aliphatic rings. The Morgan fingerprint density at radius 1 is 1.25 bits per heavy atom. The molecule has 0 heterocycles. The van der Waals surface area contributed by atoms with Crippen LogP contribution in [0.2, 0.25) is 0 Å². The van der Waals surface area contributed by atoms with Crippen molar-refractivity contribution in [2.75, 3.05) is 13.1 Å². The summed E-state index contributed by atoms with van der Waals surface area (Å²) in [4.78, 5) is 24.1. The van der Waals surface area contributed by atoms with Crippen molar-refractivity contribution in [3.8, 4) is 0 Å². The van der Waals surface area contributed by atoms with E-state index in [-0.39, 0.29) is 30.8 Å². The van der Waals surface area contributed by atoms with Crippen LogP contribution in [-0.4, -0.2) is 35.6 Å². The Kier molecular flexibility index (Phi) is 5.99. The van der Waals surface area contributed by atoms with E-state index in [0.29, 0.717) is 5.56 Å². The second-order valence-electron chi connectivity index (χ2n) is 6.96. The molecule has 2 unspecified atom stereocenters. The minimum Gasteiger partial charge on any atom is -0.388 e. The van der Waals surface area contributed by atoms with Crippen LogP contribution in [0.3, 0.4) is 0 Å². The van der Waals surface area contributed by atoms with Gasteiger partial charge in [-0.1, -0.05) is 26.3 Å². The summed E-state index contributed by atoms with van der Waals surface area (Å²) in [6, 6.07) is 5.73. The summed E-state index contributed by atoms with van der Waals surface area (Å²) in [5, 5.41) is 15.6. The third-order valence-electron chi connectivity index (χ3n) is 5.09. The van der Waals surface area contributed by atoms with Crippen molar-refractivity contribution < 1.29 is 14.7 Å². The Hall–Kier alpha value is -1.88. The number of nitrogens with one attached hydrogen (secondary N) is 2. The molecule has 0 radical (unpaired) electrons. The second kappa shape index (κ2) is 7.79. The van der Waals surface area contributed by atoms with Gasteiger partial charge in [0.2, 0.25) is 5.91 Å². The van der Waals surface area contributed by atoms with Crippen LogP contribution in [0, 0.1) is 5.92 Å². The number of carbonyl (C=O) groups is 2. The first-order valence-electron chi connectivity index (χ1n) is 8.72. The van der Waals surface area contributed by atoms with E-state index in [2.05, 4.69) is 10.6 Å². The van der Waals surface area contributed by atoms with Crippen molar-refractivity contribution in [1.82, 2.24) is 10.6 Å². The molecule has 2 rings (SSSR count). The molecule has 24 heavy (non-hydrogen) atoms. The minimum atomic E-state index is -0.950. The van der Waals surface area contributed by atoms with Crippen LogP contribution in [0.1, 0.15) is 55.1 Å². The van der Waals surface area contributed by atoms with Gasteiger partial charge < -0.3 is 15.7 Å². The summed E-state index contributed by atoms with van der Waals surface area (Å²) in [6.45, 7) is 5.74. The highest BCUT2D eigenvalue weighted by Crippen LogP contribution is 2.22. The molecule has 2 amide bonds. The Morgan fingerprint density at radius 2 is 1.96 bits per heavy atom. The highest BCUT2D eigenvalue weighted by molar-refractivity contribution is 5.96. The predicted octanol–water partition coefficient (Wildman–Crippen LogP) is 1.82. The maximum atomic E-state index is 12.2. The summed E-state index contributed by atoms with van der Waals surface area (Å²) in [5.74, 6) is -0.458. The first kappa shape index (κ1) is 18.5. The molecule has 0 saturated carbocycles. The van der Waals surface area contributed by atoms with Crippen molar-refractivity contribution in [2.45, 2.75) is 52.1 Å². The number of aliphatic hydroxyl groups is 1. The van der Waals surface area contributed by atoms with E-state index in [0.717, 1.165) is 25.7 Å². The van der Waals surface area contributed by atoms with Gasteiger partial charge in [0.1, 0.15) is 0 Å². The summed E-state index contributed by atoms with van der Waals surface area (Å²) in [7, 11) is 0. The third kappa shape index (κ3) is 4.57. The fourth-order valence-electron chi connectivity index (χ4n) is 2.93. The maximum absolute atomic E-state index is 12.2. The highest BCUT2D eigenvalue weighted by Gasteiger charge is 2.27. The number of amides is 2. The molecule has 0 fully saturated rings. The van der Waals surface area contributed by atoms with E-state index in [9.17, 15) is 14.7 Å². The van der Waals surface area contributed by atoms with Crippen molar-refractivity contribution in [1.29, 1.82) is 0 Å². The van der Waals surface area contributed by atoms with Crippen LogP contribution >= 0.6 is 0 Å². The van der Waals surface area contributed by atoms with E-state index in [1.165, 1.54) is 11.1 Å². The zero-order valence-electron chi connectivity index (χ0n) is 14.8. The molecule has 0 spiro atoms. The Balaban J connectivity index is 1.80. The van der Waals surface area contributed by atoms with Gasteiger partial charge in [0.05, 0.1) is 12.1 Å². The van der Waals surface area contributed by atoms with Crippen molar-refractivity contribution >= 4 is 11.8 Å². The van der Waals surface area contributed by atoms with Gasteiger partial charge in [-0.25, -0.2) is 0 Å². The molecule has 132 valence electrons. The fourth-order valence-corrected chi connectivity index (χ4v) is 2.93. The molecule has 3 N–H and O–H groups in total. The molecular formula is C19H28N2O3. The highest BCUT2D eigenvalue weighted by atomic mass is 16.3. The average molecular weight is 332 g/mol. The van der Waals surface area contributed by atoms with E-state index in [1.54, 1.807) is 6.92 Å². The number of aryl methyl sites for hydroxylation is 2. The monoisotopic (exact) mass is 332 g/mol. The normalized spacial score (nSPS) is 16.8. The van der Waals surface area contributed by atoms with Crippen molar-refractivity contribution in [2.24, 2.45) is 5.92 Å². The van der Waals surface area contributed by atoms with Gasteiger partial charge in [0.15, 0.2) is 0 Å². The molecule has 1 aliphatic carbocycles. The second-order valence-corrected chi connectivity index (χ2v) is 6.96. The van der Waals surface area contributed by atoms with E-state index in [4.69, 9.17) is 0 Å². The quantitative estimate of drug-likeness (QED) is 0.713. The number of carbonyl (C=O) groups excluding carboxylic acids is 2. The van der Waals surface area contributed by atoms with Gasteiger partial charge in [-0.2, -0.15) is 0 Å². The number of benzene rings is 1. The standard InChI is InChI=1S/C19H28N2O3/c1-4-13(2)19(3,24)12-21-17(22)11-20-18(23)16-9-8-14-6-5-7-15(14)10-16/h8-10,13,24H,4-7,11-12H2,1-3H3,(H,20,23)(H,21,22). The molecule has 5 heteroatoms. The summed E-state index contributed by atoms with van der Waals surface area (Å²) in [6.07, 6.45) is 4.06. The topological polar surface area (TPSA) is 78.4 Å². The van der Waals surface area contributed by atoms with Crippen LogP contribution in [0.25, 0.3) is 0 Å². The molecule has 2 atom stereocenters. The van der Waals surface area contributed by atoms with E-state index < -0.39 is 5.60 Å². The predicted molar refractivity (Wildman–Crippen MR) is 93.9 cm³/mol. The molecule has 1 aromatic carbocycles. The maximum Gasteiger partial charge on any atom is 0.251 e. The summed E-state index contributed by atoms with van der Waals surface area (Å²) >= 11 is 0. The van der Waals surface area contributed by atoms with Gasteiger partial charge in [-0.3, -0.25) is 9.59 Å². The molecule has 0 saturated heterocycles. The third-order valence-corrected chi connectivity index (χ3v) is 5.09.